The molecule has 0 unspecified atom stereocenters. The van der Waals surface area contributed by atoms with Gasteiger partial charge in [0.15, 0.2) is 0 Å². The molecule has 3 aromatic heterocycles. The normalized spacial score (nSPS) is 14.1. The van der Waals surface area contributed by atoms with E-state index in [-0.39, 0.29) is 11.7 Å². The molecule has 41 heavy (non-hydrogen) atoms. The van der Waals surface area contributed by atoms with E-state index in [0.29, 0.717) is 18.0 Å². The van der Waals surface area contributed by atoms with Gasteiger partial charge in [-0.2, -0.15) is 5.10 Å². The Labute approximate surface area is 237 Å². The molecule has 1 saturated carbocycles. The molecule has 3 aromatic carbocycles. The van der Waals surface area contributed by atoms with E-state index in [1.165, 1.54) is 25.3 Å². The molecule has 0 saturated heterocycles. The third-order valence-electron chi connectivity index (χ3n) is 8.17. The molecule has 6 aromatic rings. The first-order chi connectivity index (χ1) is 20.1. The molecule has 1 amide bonds. The van der Waals surface area contributed by atoms with Gasteiger partial charge in [-0.05, 0) is 77.9 Å². The van der Waals surface area contributed by atoms with Gasteiger partial charge in [0.25, 0.3) is 0 Å². The number of anilines is 1. The fraction of sp³-hybridized carbons (Fsp3) is 0.206. The average Bonchev–Trinajstić information content (AvgIpc) is 3.61. The third-order valence-corrected chi connectivity index (χ3v) is 8.17. The van der Waals surface area contributed by atoms with Crippen LogP contribution in [0.5, 0.6) is 0 Å². The summed E-state index contributed by atoms with van der Waals surface area (Å²) in [5, 5.41) is 12.8. The second-order valence-electron chi connectivity index (χ2n) is 11.0. The van der Waals surface area contributed by atoms with Crippen molar-refractivity contribution in [3.8, 4) is 33.6 Å². The zero-order valence-corrected chi connectivity index (χ0v) is 22.6. The lowest BCUT2D eigenvalue weighted by Crippen LogP contribution is -2.18. The number of rotatable bonds is 6. The molecule has 3 N–H and O–H groups in total. The van der Waals surface area contributed by atoms with Gasteiger partial charge in [-0.1, -0.05) is 49.6 Å². The fourth-order valence-corrected chi connectivity index (χ4v) is 6.12. The van der Waals surface area contributed by atoms with E-state index in [4.69, 9.17) is 0 Å². The number of nitrogens with one attached hydrogen (secondary N) is 3. The summed E-state index contributed by atoms with van der Waals surface area (Å²) in [7, 11) is 0. The quantitative estimate of drug-likeness (QED) is 0.197. The Morgan fingerprint density at radius 3 is 2.61 bits per heavy atom. The first-order valence-corrected chi connectivity index (χ1v) is 14.2. The lowest BCUT2D eigenvalue weighted by atomic mass is 9.87. The van der Waals surface area contributed by atoms with E-state index in [1.807, 2.05) is 48.7 Å². The summed E-state index contributed by atoms with van der Waals surface area (Å²) >= 11 is 0. The van der Waals surface area contributed by atoms with Gasteiger partial charge in [-0.15, -0.1) is 0 Å². The summed E-state index contributed by atoms with van der Waals surface area (Å²) in [5.74, 6) is 0.277. The van der Waals surface area contributed by atoms with Crippen LogP contribution in [0.4, 0.5) is 10.1 Å². The number of aromatic nitrogens is 4. The van der Waals surface area contributed by atoms with Crippen molar-refractivity contribution in [2.24, 2.45) is 5.92 Å². The van der Waals surface area contributed by atoms with Crippen LogP contribution in [0.1, 0.15) is 38.5 Å². The molecule has 0 spiro atoms. The minimum absolute atomic E-state index is 0.0554. The molecule has 0 radical (unpaired) electrons. The van der Waals surface area contributed by atoms with Crippen molar-refractivity contribution in [2.75, 3.05) is 5.32 Å². The number of fused-ring (bicyclic) bond motifs is 2. The fourth-order valence-electron chi connectivity index (χ4n) is 6.12. The molecule has 0 atom stereocenters. The molecular formula is C34H30FN5O. The number of nitrogens with zero attached hydrogens (tertiary/aromatic N) is 2. The minimum Gasteiger partial charge on any atom is -0.353 e. The van der Waals surface area contributed by atoms with Crippen molar-refractivity contribution in [2.45, 2.75) is 38.5 Å². The Balaban J connectivity index is 1.19. The monoisotopic (exact) mass is 543 g/mol. The van der Waals surface area contributed by atoms with Crippen molar-refractivity contribution >= 4 is 33.4 Å². The highest BCUT2D eigenvalue weighted by molar-refractivity contribution is 6.02. The van der Waals surface area contributed by atoms with Gasteiger partial charge >= 0.3 is 0 Å². The number of carbonyl (C=O) groups is 1. The molecule has 6 nitrogen and oxygen atoms in total. The van der Waals surface area contributed by atoms with Gasteiger partial charge in [0.1, 0.15) is 11.5 Å². The second-order valence-corrected chi connectivity index (χ2v) is 11.0. The number of hydrogen-bond acceptors (Lipinski definition) is 3. The van der Waals surface area contributed by atoms with Crippen LogP contribution in [0.15, 0.2) is 85.2 Å². The van der Waals surface area contributed by atoms with E-state index in [2.05, 4.69) is 37.6 Å². The van der Waals surface area contributed by atoms with Crippen molar-refractivity contribution in [1.29, 1.82) is 0 Å². The Kier molecular flexibility index (Phi) is 6.55. The van der Waals surface area contributed by atoms with E-state index in [9.17, 15) is 9.18 Å². The average molecular weight is 544 g/mol. The summed E-state index contributed by atoms with van der Waals surface area (Å²) < 4.78 is 14.0. The van der Waals surface area contributed by atoms with Gasteiger partial charge in [-0.25, -0.2) is 4.39 Å². The Hall–Kier alpha value is -4.78. The zero-order chi connectivity index (χ0) is 27.8. The van der Waals surface area contributed by atoms with Crippen LogP contribution in [0.3, 0.4) is 0 Å². The maximum Gasteiger partial charge on any atom is 0.224 e. The number of H-pyrrole nitrogens is 2. The van der Waals surface area contributed by atoms with Crippen LogP contribution >= 0.6 is 0 Å². The van der Waals surface area contributed by atoms with Crippen LogP contribution in [0.2, 0.25) is 0 Å². The lowest BCUT2D eigenvalue weighted by molar-refractivity contribution is -0.117. The van der Waals surface area contributed by atoms with Crippen molar-refractivity contribution in [1.82, 2.24) is 20.2 Å². The molecular weight excluding hydrogens is 513 g/mol. The summed E-state index contributed by atoms with van der Waals surface area (Å²) in [6, 6.07) is 22.8. The Bertz CT molecular complexity index is 1880. The molecule has 204 valence electrons. The molecule has 0 aliphatic heterocycles. The minimum atomic E-state index is -0.261. The molecule has 7 heteroatoms. The summed E-state index contributed by atoms with van der Waals surface area (Å²) in [6.07, 6.45) is 10.1. The van der Waals surface area contributed by atoms with E-state index in [1.54, 1.807) is 18.3 Å². The summed E-state index contributed by atoms with van der Waals surface area (Å²) in [6.45, 7) is 0. The zero-order valence-electron chi connectivity index (χ0n) is 22.6. The highest BCUT2D eigenvalue weighted by Crippen LogP contribution is 2.36. The first-order valence-electron chi connectivity index (χ1n) is 14.2. The lowest BCUT2D eigenvalue weighted by Gasteiger charge is -2.20. The Morgan fingerprint density at radius 2 is 1.73 bits per heavy atom. The van der Waals surface area contributed by atoms with E-state index < -0.39 is 0 Å². The molecule has 1 fully saturated rings. The molecule has 1 aliphatic rings. The van der Waals surface area contributed by atoms with E-state index in [0.717, 1.165) is 68.3 Å². The van der Waals surface area contributed by atoms with Crippen LogP contribution in [0.25, 0.3) is 55.4 Å². The van der Waals surface area contributed by atoms with Gasteiger partial charge in [0, 0.05) is 34.5 Å². The van der Waals surface area contributed by atoms with E-state index >= 15 is 0 Å². The van der Waals surface area contributed by atoms with Gasteiger partial charge in [0.05, 0.1) is 23.1 Å². The van der Waals surface area contributed by atoms with Gasteiger partial charge < -0.3 is 10.3 Å². The van der Waals surface area contributed by atoms with Crippen LogP contribution in [-0.2, 0) is 4.79 Å². The van der Waals surface area contributed by atoms with Gasteiger partial charge in [-0.3, -0.25) is 14.9 Å². The van der Waals surface area contributed by atoms with Crippen molar-refractivity contribution in [3.05, 3.63) is 91.0 Å². The Morgan fingerprint density at radius 1 is 0.854 bits per heavy atom. The number of amides is 1. The smallest absolute Gasteiger partial charge is 0.224 e. The number of halogens is 1. The molecule has 3 heterocycles. The molecule has 1 aliphatic carbocycles. The second kappa shape index (κ2) is 10.7. The maximum atomic E-state index is 14.0. The predicted octanol–water partition coefficient (Wildman–Crippen LogP) is 8.49. The van der Waals surface area contributed by atoms with Crippen LogP contribution in [0, 0.1) is 11.7 Å². The largest absolute Gasteiger partial charge is 0.353 e. The highest BCUT2D eigenvalue weighted by Gasteiger charge is 2.18. The molecule has 0 bridgehead atoms. The predicted molar refractivity (Wildman–Crippen MR) is 162 cm³/mol. The summed E-state index contributed by atoms with van der Waals surface area (Å²) in [5.41, 5.74) is 7.92. The number of hydrogen-bond donors (Lipinski definition) is 3. The maximum absolute atomic E-state index is 14.0. The van der Waals surface area contributed by atoms with Crippen molar-refractivity contribution < 1.29 is 9.18 Å². The van der Waals surface area contributed by atoms with Crippen LogP contribution < -0.4 is 5.32 Å². The summed E-state index contributed by atoms with van der Waals surface area (Å²) in [4.78, 5) is 20.6. The topological polar surface area (TPSA) is 86.5 Å². The molecule has 7 rings (SSSR count). The highest BCUT2D eigenvalue weighted by atomic mass is 19.1. The van der Waals surface area contributed by atoms with Gasteiger partial charge in [0.2, 0.25) is 5.91 Å². The first kappa shape index (κ1) is 25.2. The van der Waals surface area contributed by atoms with Crippen LogP contribution in [-0.4, -0.2) is 26.1 Å². The van der Waals surface area contributed by atoms with Crippen molar-refractivity contribution in [3.63, 3.8) is 0 Å². The third kappa shape index (κ3) is 5.11. The standard InChI is InChI=1S/C34H30FN5O/c35-25-9-4-8-23(15-25)27-10-5-11-30-28(27)18-32(38-30)34-29-17-22(12-13-31(29)39-40-34)24-16-26(20-36-19-24)37-33(41)14-21-6-2-1-3-7-21/h4-5,8-13,15-21,38H,1-3,6-7,14H2,(H,37,41)(H,39,40). The number of carbonyl (C=O) groups excluding carboxylic acids is 1. The number of benzene rings is 3. The number of pyridine rings is 1. The number of aromatic amines is 2. The SMILES string of the molecule is O=C(CC1CCCCC1)Nc1cncc(-c2ccc3[nH]nc(-c4cc5c(-c6cccc(F)c6)cccc5[nH]4)c3c2)c1.